The lowest BCUT2D eigenvalue weighted by Crippen LogP contribution is -2.39. The van der Waals surface area contributed by atoms with E-state index in [0.717, 1.165) is 38.7 Å². The molecule has 4 nitrogen and oxygen atoms in total. The summed E-state index contributed by atoms with van der Waals surface area (Å²) in [5.74, 6) is 0.814. The first-order valence-corrected chi connectivity index (χ1v) is 8.42. The van der Waals surface area contributed by atoms with Crippen LogP contribution in [0.15, 0.2) is 4.99 Å². The number of guanidine groups is 1. The Hall–Kier alpha value is -0.110. The average molecular weight is 429 g/mol. The van der Waals surface area contributed by atoms with Crippen molar-refractivity contribution in [1.29, 1.82) is 0 Å². The summed E-state index contributed by atoms with van der Waals surface area (Å²) in [6, 6.07) is 0. The second-order valence-corrected chi connectivity index (χ2v) is 5.82. The van der Waals surface area contributed by atoms with Crippen molar-refractivity contribution in [2.45, 2.75) is 52.4 Å². The fourth-order valence-corrected chi connectivity index (χ4v) is 2.91. The lowest BCUT2D eigenvalue weighted by atomic mass is 9.83. The van der Waals surface area contributed by atoms with E-state index in [4.69, 9.17) is 9.73 Å². The number of aliphatic imine (C=N–C) groups is 1. The molecule has 0 aromatic heterocycles. The molecule has 1 saturated carbocycles. The van der Waals surface area contributed by atoms with Gasteiger partial charge in [0.2, 0.25) is 0 Å². The Morgan fingerprint density at radius 1 is 1.23 bits per heavy atom. The minimum absolute atomic E-state index is 0. The number of alkyl halides is 1. The summed E-state index contributed by atoms with van der Waals surface area (Å²) in [4.78, 5) is 4.73. The topological polar surface area (TPSA) is 45.7 Å². The molecule has 0 bridgehead atoms. The average Bonchev–Trinajstić information content (AvgIpc) is 2.95. The quantitative estimate of drug-likeness (QED) is 0.242. The summed E-state index contributed by atoms with van der Waals surface area (Å²) < 4.78 is 17.7. The van der Waals surface area contributed by atoms with Crippen LogP contribution in [0.25, 0.3) is 0 Å². The van der Waals surface area contributed by atoms with Gasteiger partial charge in [-0.15, -0.1) is 24.0 Å². The molecule has 1 fully saturated rings. The van der Waals surface area contributed by atoms with Crippen LogP contribution >= 0.6 is 24.0 Å². The van der Waals surface area contributed by atoms with Crippen LogP contribution in [-0.4, -0.2) is 45.5 Å². The highest BCUT2D eigenvalue weighted by molar-refractivity contribution is 14.0. The van der Waals surface area contributed by atoms with E-state index in [2.05, 4.69) is 10.6 Å². The van der Waals surface area contributed by atoms with Crippen molar-refractivity contribution in [2.75, 3.05) is 39.5 Å². The molecule has 0 saturated heterocycles. The summed E-state index contributed by atoms with van der Waals surface area (Å²) >= 11 is 0. The van der Waals surface area contributed by atoms with Crippen molar-refractivity contribution >= 4 is 29.9 Å². The maximum absolute atomic E-state index is 12.2. The molecule has 22 heavy (non-hydrogen) atoms. The molecule has 6 heteroatoms. The molecule has 0 aliphatic heterocycles. The summed E-state index contributed by atoms with van der Waals surface area (Å²) in [6.07, 6.45) is 6.70. The minimum atomic E-state index is -0.287. The Bertz CT molecular complexity index is 297. The number of ether oxygens (including phenoxy) is 1. The zero-order chi connectivity index (χ0) is 15.4. The molecular weight excluding hydrogens is 396 g/mol. The van der Waals surface area contributed by atoms with E-state index in [1.54, 1.807) is 0 Å². The van der Waals surface area contributed by atoms with Crippen LogP contribution in [0, 0.1) is 5.41 Å². The summed E-state index contributed by atoms with van der Waals surface area (Å²) in [5, 5.41) is 6.43. The Labute approximate surface area is 152 Å². The van der Waals surface area contributed by atoms with Crippen LogP contribution in [0.5, 0.6) is 0 Å². The molecule has 132 valence electrons. The minimum Gasteiger partial charge on any atom is -0.382 e. The molecule has 0 spiro atoms. The first-order valence-electron chi connectivity index (χ1n) is 8.42. The van der Waals surface area contributed by atoms with Gasteiger partial charge >= 0.3 is 0 Å². The molecule has 1 aliphatic rings. The fourth-order valence-electron chi connectivity index (χ4n) is 2.91. The van der Waals surface area contributed by atoms with Gasteiger partial charge in [-0.05, 0) is 44.9 Å². The highest BCUT2D eigenvalue weighted by Gasteiger charge is 2.33. The summed E-state index contributed by atoms with van der Waals surface area (Å²) in [6.45, 7) is 7.71. The summed E-state index contributed by atoms with van der Waals surface area (Å²) in [7, 11) is 0. The van der Waals surface area contributed by atoms with Crippen LogP contribution in [0.3, 0.4) is 0 Å². The van der Waals surface area contributed by atoms with E-state index in [1.807, 2.05) is 13.8 Å². The maximum atomic E-state index is 12.2. The zero-order valence-corrected chi connectivity index (χ0v) is 16.5. The molecular formula is C16H33FIN3O. The molecule has 1 rings (SSSR count). The number of halogens is 2. The Morgan fingerprint density at radius 3 is 2.55 bits per heavy atom. The van der Waals surface area contributed by atoms with E-state index < -0.39 is 0 Å². The zero-order valence-electron chi connectivity index (χ0n) is 14.1. The number of nitrogens with one attached hydrogen (secondary N) is 2. The van der Waals surface area contributed by atoms with Gasteiger partial charge in [0.25, 0.3) is 0 Å². The first kappa shape index (κ1) is 21.9. The molecule has 0 unspecified atom stereocenters. The lowest BCUT2D eigenvalue weighted by molar-refractivity contribution is 0.107. The van der Waals surface area contributed by atoms with Crippen LogP contribution in [0.1, 0.15) is 52.4 Å². The van der Waals surface area contributed by atoms with Crippen molar-refractivity contribution in [3.05, 3.63) is 0 Å². The van der Waals surface area contributed by atoms with Crippen molar-refractivity contribution < 1.29 is 9.13 Å². The van der Waals surface area contributed by atoms with Gasteiger partial charge in [0.05, 0.1) is 6.67 Å². The van der Waals surface area contributed by atoms with Gasteiger partial charge in [-0.2, -0.15) is 0 Å². The Morgan fingerprint density at radius 2 is 1.95 bits per heavy atom. The van der Waals surface area contributed by atoms with E-state index in [0.29, 0.717) is 18.4 Å². The van der Waals surface area contributed by atoms with Gasteiger partial charge in [-0.25, -0.2) is 0 Å². The maximum Gasteiger partial charge on any atom is 0.191 e. The summed E-state index contributed by atoms with van der Waals surface area (Å²) in [5.41, 5.74) is 0.303. The van der Waals surface area contributed by atoms with Gasteiger partial charge < -0.3 is 15.4 Å². The van der Waals surface area contributed by atoms with Gasteiger partial charge in [-0.3, -0.25) is 9.38 Å². The third-order valence-electron chi connectivity index (χ3n) is 4.16. The third-order valence-corrected chi connectivity index (χ3v) is 4.16. The molecule has 0 aromatic carbocycles. The van der Waals surface area contributed by atoms with Gasteiger partial charge in [-0.1, -0.05) is 12.8 Å². The van der Waals surface area contributed by atoms with Crippen LogP contribution in [-0.2, 0) is 4.74 Å². The fraction of sp³-hybridized carbons (Fsp3) is 0.938. The van der Waals surface area contributed by atoms with Crippen LogP contribution in [0.4, 0.5) is 4.39 Å². The molecule has 0 amide bonds. The number of rotatable bonds is 10. The van der Waals surface area contributed by atoms with Crippen LogP contribution in [0.2, 0.25) is 0 Å². The first-order chi connectivity index (χ1) is 10.3. The molecule has 0 atom stereocenters. The van der Waals surface area contributed by atoms with E-state index >= 15 is 0 Å². The second-order valence-electron chi connectivity index (χ2n) is 5.82. The number of hydrogen-bond donors (Lipinski definition) is 2. The van der Waals surface area contributed by atoms with Crippen LogP contribution < -0.4 is 10.6 Å². The molecule has 2 N–H and O–H groups in total. The van der Waals surface area contributed by atoms with Gasteiger partial charge in [0, 0.05) is 32.8 Å². The predicted molar refractivity (Wildman–Crippen MR) is 102 cm³/mol. The van der Waals surface area contributed by atoms with E-state index in [1.165, 1.54) is 25.7 Å². The predicted octanol–water partition coefficient (Wildman–Crippen LogP) is 3.51. The highest BCUT2D eigenvalue weighted by atomic mass is 127. The Balaban J connectivity index is 0.00000441. The normalized spacial score (nSPS) is 17.1. The standard InChI is InChI=1S/C16H32FN3O.HI/c1-3-18-15(19-12-7-11-17)20-14-16(8-5-6-9-16)10-13-21-4-2;/h3-14H2,1-2H3,(H2,18,19,20);1H. The Kier molecular flexibility index (Phi) is 13.3. The van der Waals surface area contributed by atoms with E-state index in [-0.39, 0.29) is 30.7 Å². The SMILES string of the molecule is CCNC(=NCC1(CCOCC)CCCC1)NCCCF.I. The molecule has 0 radical (unpaired) electrons. The van der Waals surface area contributed by atoms with Gasteiger partial charge in [0.15, 0.2) is 5.96 Å². The second kappa shape index (κ2) is 13.3. The van der Waals surface area contributed by atoms with Crippen molar-refractivity contribution in [2.24, 2.45) is 10.4 Å². The van der Waals surface area contributed by atoms with Crippen molar-refractivity contribution in [3.63, 3.8) is 0 Å². The smallest absolute Gasteiger partial charge is 0.191 e. The molecule has 0 heterocycles. The number of nitrogens with zero attached hydrogens (tertiary/aromatic N) is 1. The largest absolute Gasteiger partial charge is 0.382 e. The van der Waals surface area contributed by atoms with E-state index in [9.17, 15) is 4.39 Å². The monoisotopic (exact) mass is 429 g/mol. The van der Waals surface area contributed by atoms with Gasteiger partial charge in [0.1, 0.15) is 0 Å². The number of hydrogen-bond acceptors (Lipinski definition) is 2. The molecule has 1 aliphatic carbocycles. The lowest BCUT2D eigenvalue weighted by Gasteiger charge is -2.27. The van der Waals surface area contributed by atoms with Crippen molar-refractivity contribution in [3.8, 4) is 0 Å². The molecule has 0 aromatic rings. The van der Waals surface area contributed by atoms with Crippen molar-refractivity contribution in [1.82, 2.24) is 10.6 Å². The highest BCUT2D eigenvalue weighted by Crippen LogP contribution is 2.41. The third kappa shape index (κ3) is 8.50.